The molecule has 0 amide bonds. The maximum atomic E-state index is 5.69. The minimum atomic E-state index is 0.419. The normalized spacial score (nSPS) is 13.0. The van der Waals surface area contributed by atoms with Crippen LogP contribution in [0.5, 0.6) is 0 Å². The Bertz CT molecular complexity index is 507. The molecule has 0 radical (unpaired) electrons. The average Bonchev–Trinajstić information content (AvgIpc) is 2.71. The maximum absolute atomic E-state index is 5.69. The van der Waals surface area contributed by atoms with Crippen LogP contribution < -0.4 is 5.73 Å². The highest BCUT2D eigenvalue weighted by atomic mass is 16.5. The highest BCUT2D eigenvalue weighted by Gasteiger charge is 2.07. The minimum absolute atomic E-state index is 0.419. The van der Waals surface area contributed by atoms with E-state index in [-0.39, 0.29) is 0 Å². The molecule has 1 aromatic carbocycles. The Labute approximate surface area is 107 Å². The zero-order valence-electron chi connectivity index (χ0n) is 11.0. The van der Waals surface area contributed by atoms with Gasteiger partial charge in [-0.05, 0) is 30.5 Å². The van der Waals surface area contributed by atoms with Gasteiger partial charge in [-0.2, -0.15) is 0 Å². The van der Waals surface area contributed by atoms with Crippen molar-refractivity contribution in [2.24, 2.45) is 5.92 Å². The molecule has 2 rings (SSSR count). The lowest BCUT2D eigenvalue weighted by atomic mass is 10.1. The van der Waals surface area contributed by atoms with E-state index in [1.807, 2.05) is 18.2 Å². The summed E-state index contributed by atoms with van der Waals surface area (Å²) in [7, 11) is 0. The van der Waals surface area contributed by atoms with E-state index in [0.29, 0.717) is 24.1 Å². The number of fused-ring (bicyclic) bond motifs is 1. The fourth-order valence-corrected chi connectivity index (χ4v) is 1.98. The van der Waals surface area contributed by atoms with Gasteiger partial charge < -0.3 is 14.9 Å². The lowest BCUT2D eigenvalue weighted by Crippen LogP contribution is -2.05. The van der Waals surface area contributed by atoms with Crippen LogP contribution in [0.2, 0.25) is 0 Å². The lowest BCUT2D eigenvalue weighted by molar-refractivity contribution is 0.0756. The van der Waals surface area contributed by atoms with Gasteiger partial charge in [-0.3, -0.25) is 0 Å². The van der Waals surface area contributed by atoms with Crippen molar-refractivity contribution in [1.29, 1.82) is 0 Å². The molecule has 2 N–H and O–H groups in total. The Balaban J connectivity index is 1.92. The van der Waals surface area contributed by atoms with Crippen molar-refractivity contribution >= 4 is 16.8 Å². The third kappa shape index (κ3) is 3.23. The highest BCUT2D eigenvalue weighted by molar-refractivity contribution is 5.76. The summed E-state index contributed by atoms with van der Waals surface area (Å²) >= 11 is 0. The third-order valence-corrected chi connectivity index (χ3v) is 2.87. The average molecular weight is 248 g/mol. The molecule has 1 heterocycles. The molecule has 0 aliphatic heterocycles. The van der Waals surface area contributed by atoms with Crippen LogP contribution in [-0.2, 0) is 11.3 Å². The number of benzene rings is 1. The second kappa shape index (κ2) is 5.87. The number of nitrogens with zero attached hydrogens (tertiary/aromatic N) is 1. The summed E-state index contributed by atoms with van der Waals surface area (Å²) in [5.41, 5.74) is 7.93. The SMILES string of the molecule is CCCC(C)COCc1nc2cc(N)ccc2o1. The summed E-state index contributed by atoms with van der Waals surface area (Å²) in [5, 5.41) is 0. The zero-order valence-corrected chi connectivity index (χ0v) is 11.0. The molecule has 0 fully saturated rings. The minimum Gasteiger partial charge on any atom is -0.438 e. The summed E-state index contributed by atoms with van der Waals surface area (Å²) in [4.78, 5) is 4.34. The number of rotatable bonds is 6. The molecule has 1 atom stereocenters. The van der Waals surface area contributed by atoms with Gasteiger partial charge in [0.15, 0.2) is 5.58 Å². The second-order valence-electron chi connectivity index (χ2n) is 4.74. The van der Waals surface area contributed by atoms with Crippen molar-refractivity contribution < 1.29 is 9.15 Å². The Morgan fingerprint density at radius 2 is 2.28 bits per heavy atom. The number of aromatic nitrogens is 1. The standard InChI is InChI=1S/C14H20N2O2/c1-3-4-10(2)8-17-9-14-16-12-7-11(15)5-6-13(12)18-14/h5-7,10H,3-4,8-9,15H2,1-2H3. The fourth-order valence-electron chi connectivity index (χ4n) is 1.98. The Morgan fingerprint density at radius 1 is 1.44 bits per heavy atom. The van der Waals surface area contributed by atoms with Gasteiger partial charge >= 0.3 is 0 Å². The smallest absolute Gasteiger partial charge is 0.221 e. The van der Waals surface area contributed by atoms with Crippen molar-refractivity contribution in [2.45, 2.75) is 33.3 Å². The Hall–Kier alpha value is -1.55. The van der Waals surface area contributed by atoms with Gasteiger partial charge in [0, 0.05) is 12.3 Å². The molecule has 0 aliphatic carbocycles. The number of hydrogen-bond donors (Lipinski definition) is 1. The Kier molecular flexibility index (Phi) is 4.20. The number of nitrogens with two attached hydrogens (primary N) is 1. The summed E-state index contributed by atoms with van der Waals surface area (Å²) in [6.07, 6.45) is 2.37. The lowest BCUT2D eigenvalue weighted by Gasteiger charge is -2.08. The molecule has 18 heavy (non-hydrogen) atoms. The second-order valence-corrected chi connectivity index (χ2v) is 4.74. The molecule has 0 spiro atoms. The first-order valence-corrected chi connectivity index (χ1v) is 6.41. The van der Waals surface area contributed by atoms with Crippen molar-refractivity contribution in [1.82, 2.24) is 4.98 Å². The monoisotopic (exact) mass is 248 g/mol. The van der Waals surface area contributed by atoms with Gasteiger partial charge in [-0.25, -0.2) is 4.98 Å². The van der Waals surface area contributed by atoms with Crippen LogP contribution in [-0.4, -0.2) is 11.6 Å². The van der Waals surface area contributed by atoms with Crippen LogP contribution in [0.25, 0.3) is 11.1 Å². The molecular formula is C14H20N2O2. The summed E-state index contributed by atoms with van der Waals surface area (Å²) < 4.78 is 11.2. The van der Waals surface area contributed by atoms with Crippen LogP contribution in [0.3, 0.4) is 0 Å². The topological polar surface area (TPSA) is 61.3 Å². The van der Waals surface area contributed by atoms with E-state index in [2.05, 4.69) is 18.8 Å². The largest absolute Gasteiger partial charge is 0.438 e. The molecular weight excluding hydrogens is 228 g/mol. The number of ether oxygens (including phenoxy) is 1. The van der Waals surface area contributed by atoms with Gasteiger partial charge in [0.05, 0.1) is 0 Å². The van der Waals surface area contributed by atoms with E-state index in [9.17, 15) is 0 Å². The number of anilines is 1. The fraction of sp³-hybridized carbons (Fsp3) is 0.500. The molecule has 2 aromatic rings. The summed E-state index contributed by atoms with van der Waals surface area (Å²) in [5.74, 6) is 1.19. The van der Waals surface area contributed by atoms with Gasteiger partial charge in [0.25, 0.3) is 0 Å². The van der Waals surface area contributed by atoms with Crippen molar-refractivity contribution in [2.75, 3.05) is 12.3 Å². The van der Waals surface area contributed by atoms with E-state index in [0.717, 1.165) is 17.7 Å². The van der Waals surface area contributed by atoms with Crippen molar-refractivity contribution in [3.63, 3.8) is 0 Å². The molecule has 0 bridgehead atoms. The zero-order chi connectivity index (χ0) is 13.0. The molecule has 0 aliphatic rings. The summed E-state index contributed by atoms with van der Waals surface area (Å²) in [6.45, 7) is 5.54. The van der Waals surface area contributed by atoms with E-state index in [4.69, 9.17) is 14.9 Å². The van der Waals surface area contributed by atoms with Gasteiger partial charge in [-0.1, -0.05) is 20.3 Å². The first kappa shape index (κ1) is 12.9. The predicted molar refractivity (Wildman–Crippen MR) is 72.1 cm³/mol. The molecule has 4 nitrogen and oxygen atoms in total. The van der Waals surface area contributed by atoms with Gasteiger partial charge in [0.1, 0.15) is 12.1 Å². The molecule has 98 valence electrons. The molecule has 1 unspecified atom stereocenters. The van der Waals surface area contributed by atoms with Crippen molar-refractivity contribution in [3.8, 4) is 0 Å². The predicted octanol–water partition coefficient (Wildman–Crippen LogP) is 3.36. The van der Waals surface area contributed by atoms with E-state index >= 15 is 0 Å². The highest BCUT2D eigenvalue weighted by Crippen LogP contribution is 2.18. The van der Waals surface area contributed by atoms with Crippen molar-refractivity contribution in [3.05, 3.63) is 24.1 Å². The number of oxazole rings is 1. The first-order chi connectivity index (χ1) is 8.69. The van der Waals surface area contributed by atoms with Crippen LogP contribution >= 0.6 is 0 Å². The molecule has 1 aromatic heterocycles. The van der Waals surface area contributed by atoms with Gasteiger partial charge in [-0.15, -0.1) is 0 Å². The molecule has 4 heteroatoms. The first-order valence-electron chi connectivity index (χ1n) is 6.41. The Morgan fingerprint density at radius 3 is 3.06 bits per heavy atom. The van der Waals surface area contributed by atoms with Crippen LogP contribution in [0, 0.1) is 5.92 Å². The molecule has 0 saturated carbocycles. The molecule has 0 saturated heterocycles. The van der Waals surface area contributed by atoms with E-state index in [1.165, 1.54) is 12.8 Å². The quantitative estimate of drug-likeness (QED) is 0.796. The van der Waals surface area contributed by atoms with Gasteiger partial charge in [0.2, 0.25) is 5.89 Å². The summed E-state index contributed by atoms with van der Waals surface area (Å²) in [6, 6.07) is 5.45. The number of nitrogen functional groups attached to an aromatic ring is 1. The maximum Gasteiger partial charge on any atom is 0.221 e. The van der Waals surface area contributed by atoms with Crippen LogP contribution in [0.4, 0.5) is 5.69 Å². The van der Waals surface area contributed by atoms with Crippen LogP contribution in [0.15, 0.2) is 22.6 Å². The van der Waals surface area contributed by atoms with E-state index in [1.54, 1.807) is 0 Å². The number of hydrogen-bond acceptors (Lipinski definition) is 4. The van der Waals surface area contributed by atoms with Crippen LogP contribution in [0.1, 0.15) is 32.6 Å². The third-order valence-electron chi connectivity index (χ3n) is 2.87. The van der Waals surface area contributed by atoms with E-state index < -0.39 is 0 Å².